The summed E-state index contributed by atoms with van der Waals surface area (Å²) in [7, 11) is 0. The fraction of sp³-hybridized carbons (Fsp3) is 0.895. The maximum atomic E-state index is 12.2. The average Bonchev–Trinajstić information content (AvgIpc) is 2.45. The molecule has 1 amide bonds. The lowest BCUT2D eigenvalue weighted by Gasteiger charge is -2.52. The van der Waals surface area contributed by atoms with Gasteiger partial charge in [0.25, 0.3) is 0 Å². The molecule has 6 heteroatoms. The van der Waals surface area contributed by atoms with E-state index in [4.69, 9.17) is 4.74 Å². The Hall–Kier alpha value is -1.30. The molecule has 25 heavy (non-hydrogen) atoms. The van der Waals surface area contributed by atoms with Gasteiger partial charge in [-0.2, -0.15) is 0 Å². The Balaban J connectivity index is 2.09. The molecule has 144 valence electrons. The number of piperidine rings is 1. The molecule has 1 saturated carbocycles. The van der Waals surface area contributed by atoms with E-state index in [1.54, 1.807) is 4.90 Å². The minimum Gasteiger partial charge on any atom is -0.481 e. The third-order valence-electron chi connectivity index (χ3n) is 6.00. The van der Waals surface area contributed by atoms with Crippen molar-refractivity contribution in [2.75, 3.05) is 13.1 Å². The van der Waals surface area contributed by atoms with Crippen molar-refractivity contribution in [2.24, 2.45) is 10.8 Å². The molecule has 2 N–H and O–H groups in total. The molecule has 0 aromatic heterocycles. The molecule has 1 aliphatic carbocycles. The Morgan fingerprint density at radius 3 is 1.84 bits per heavy atom. The van der Waals surface area contributed by atoms with Gasteiger partial charge in [-0.05, 0) is 64.7 Å². The Morgan fingerprint density at radius 2 is 1.44 bits per heavy atom. The standard InChI is InChI=1S/C19H33NO5/c1-16(2,3)25-15(23)20-12-10-19(24,11-13-20)18(14(21)22)8-6-17(4,5)7-9-18/h24H,6-13H2,1-5H3,(H,21,22). The first kappa shape index (κ1) is 20.0. The van der Waals surface area contributed by atoms with Crippen LogP contribution in [0.5, 0.6) is 0 Å². The van der Waals surface area contributed by atoms with Crippen molar-refractivity contribution >= 4 is 12.1 Å². The highest BCUT2D eigenvalue weighted by molar-refractivity contribution is 5.77. The number of rotatable bonds is 2. The van der Waals surface area contributed by atoms with Crippen molar-refractivity contribution in [3.63, 3.8) is 0 Å². The SMILES string of the molecule is CC1(C)CCC(C(=O)O)(C2(O)CCN(C(=O)OC(C)(C)C)CC2)CC1. The summed E-state index contributed by atoms with van der Waals surface area (Å²) < 4.78 is 5.38. The van der Waals surface area contributed by atoms with Gasteiger partial charge in [0.1, 0.15) is 5.60 Å². The van der Waals surface area contributed by atoms with E-state index in [9.17, 15) is 19.8 Å². The molecule has 1 saturated heterocycles. The number of amides is 1. The summed E-state index contributed by atoms with van der Waals surface area (Å²) in [6.45, 7) is 10.4. The molecule has 2 aliphatic rings. The largest absolute Gasteiger partial charge is 0.481 e. The van der Waals surface area contributed by atoms with Crippen LogP contribution in [0.4, 0.5) is 4.79 Å². The molecule has 0 radical (unpaired) electrons. The molecule has 0 bridgehead atoms. The van der Waals surface area contributed by atoms with E-state index >= 15 is 0 Å². The molecule has 0 spiro atoms. The van der Waals surface area contributed by atoms with Gasteiger partial charge >= 0.3 is 12.1 Å². The lowest BCUT2D eigenvalue weighted by atomic mass is 9.56. The van der Waals surface area contributed by atoms with Crippen LogP contribution in [0.25, 0.3) is 0 Å². The first-order valence-corrected chi connectivity index (χ1v) is 9.24. The van der Waals surface area contributed by atoms with Crippen LogP contribution in [0.3, 0.4) is 0 Å². The van der Waals surface area contributed by atoms with E-state index in [1.165, 1.54) is 0 Å². The van der Waals surface area contributed by atoms with Crippen LogP contribution < -0.4 is 0 Å². The number of hydrogen-bond acceptors (Lipinski definition) is 4. The Labute approximate surface area is 150 Å². The van der Waals surface area contributed by atoms with E-state index in [0.29, 0.717) is 25.9 Å². The van der Waals surface area contributed by atoms with E-state index in [-0.39, 0.29) is 18.3 Å². The summed E-state index contributed by atoms with van der Waals surface area (Å²) in [4.78, 5) is 25.9. The van der Waals surface area contributed by atoms with Crippen molar-refractivity contribution in [1.29, 1.82) is 0 Å². The van der Waals surface area contributed by atoms with Crippen LogP contribution >= 0.6 is 0 Å². The highest BCUT2D eigenvalue weighted by Crippen LogP contribution is 2.53. The number of likely N-dealkylation sites (tertiary alicyclic amines) is 1. The van der Waals surface area contributed by atoms with Gasteiger partial charge in [0.05, 0.1) is 11.0 Å². The molecule has 6 nitrogen and oxygen atoms in total. The first-order chi connectivity index (χ1) is 11.3. The minimum absolute atomic E-state index is 0.118. The van der Waals surface area contributed by atoms with Crippen molar-refractivity contribution in [2.45, 2.75) is 84.3 Å². The number of nitrogens with zero attached hydrogens (tertiary/aromatic N) is 1. The van der Waals surface area contributed by atoms with Crippen LogP contribution in [0.1, 0.15) is 73.1 Å². The molecule has 1 aliphatic heterocycles. The molecular formula is C19H33NO5. The lowest BCUT2D eigenvalue weighted by Crippen LogP contribution is -2.60. The molecule has 0 atom stereocenters. The van der Waals surface area contributed by atoms with Crippen molar-refractivity contribution in [3.8, 4) is 0 Å². The van der Waals surface area contributed by atoms with Crippen LogP contribution in [-0.4, -0.2) is 51.5 Å². The van der Waals surface area contributed by atoms with Gasteiger partial charge in [0, 0.05) is 13.1 Å². The molecule has 0 aromatic rings. The maximum absolute atomic E-state index is 12.2. The maximum Gasteiger partial charge on any atom is 0.410 e. The normalized spacial score (nSPS) is 25.3. The predicted molar refractivity (Wildman–Crippen MR) is 94.3 cm³/mol. The number of carboxylic acids is 1. The van der Waals surface area contributed by atoms with Crippen LogP contribution in [0.15, 0.2) is 0 Å². The lowest BCUT2D eigenvalue weighted by molar-refractivity contribution is -0.186. The van der Waals surface area contributed by atoms with E-state index in [0.717, 1.165) is 12.8 Å². The fourth-order valence-electron chi connectivity index (χ4n) is 4.10. The highest BCUT2D eigenvalue weighted by Gasteiger charge is 2.58. The second-order valence-corrected chi connectivity index (χ2v) is 9.55. The second-order valence-electron chi connectivity index (χ2n) is 9.55. The van der Waals surface area contributed by atoms with E-state index < -0.39 is 28.7 Å². The summed E-state index contributed by atoms with van der Waals surface area (Å²) in [5, 5.41) is 21.2. The zero-order chi connectivity index (χ0) is 19.1. The van der Waals surface area contributed by atoms with Crippen LogP contribution in [0.2, 0.25) is 0 Å². The zero-order valence-corrected chi connectivity index (χ0v) is 16.2. The summed E-state index contributed by atoms with van der Waals surface area (Å²) in [6, 6.07) is 0. The molecule has 0 aromatic carbocycles. The average molecular weight is 355 g/mol. The third kappa shape index (κ3) is 4.10. The predicted octanol–water partition coefficient (Wildman–Crippen LogP) is 3.42. The summed E-state index contributed by atoms with van der Waals surface area (Å²) in [6.07, 6.45) is 2.70. The molecule has 1 heterocycles. The van der Waals surface area contributed by atoms with Gasteiger partial charge in [0.15, 0.2) is 0 Å². The second kappa shape index (κ2) is 6.45. The van der Waals surface area contributed by atoms with Gasteiger partial charge in [-0.3, -0.25) is 4.79 Å². The van der Waals surface area contributed by atoms with Gasteiger partial charge in [-0.1, -0.05) is 13.8 Å². The minimum atomic E-state index is -1.27. The first-order valence-electron chi connectivity index (χ1n) is 9.24. The van der Waals surface area contributed by atoms with Gasteiger partial charge in [0.2, 0.25) is 0 Å². The van der Waals surface area contributed by atoms with Gasteiger partial charge in [-0.25, -0.2) is 4.79 Å². The van der Waals surface area contributed by atoms with Crippen LogP contribution in [-0.2, 0) is 9.53 Å². The number of ether oxygens (including phenoxy) is 1. The quantitative estimate of drug-likeness (QED) is 0.792. The summed E-state index contributed by atoms with van der Waals surface area (Å²) >= 11 is 0. The number of carbonyl (C=O) groups is 2. The fourth-order valence-corrected chi connectivity index (χ4v) is 4.10. The molecule has 2 fully saturated rings. The van der Waals surface area contributed by atoms with Gasteiger partial charge < -0.3 is 19.8 Å². The smallest absolute Gasteiger partial charge is 0.410 e. The number of aliphatic hydroxyl groups is 1. The van der Waals surface area contributed by atoms with Gasteiger partial charge in [-0.15, -0.1) is 0 Å². The topological polar surface area (TPSA) is 87.1 Å². The zero-order valence-electron chi connectivity index (χ0n) is 16.2. The van der Waals surface area contributed by atoms with E-state index in [2.05, 4.69) is 13.8 Å². The Kier molecular flexibility index (Phi) is 5.17. The molecule has 2 rings (SSSR count). The van der Waals surface area contributed by atoms with Crippen molar-refractivity contribution in [3.05, 3.63) is 0 Å². The number of aliphatic carboxylic acids is 1. The summed E-state index contributed by atoms with van der Waals surface area (Å²) in [5.74, 6) is -0.906. The number of carbonyl (C=O) groups excluding carboxylic acids is 1. The monoisotopic (exact) mass is 355 g/mol. The van der Waals surface area contributed by atoms with E-state index in [1.807, 2.05) is 20.8 Å². The molecular weight excluding hydrogens is 322 g/mol. The molecule has 0 unspecified atom stereocenters. The Bertz CT molecular complexity index is 516. The number of hydrogen-bond donors (Lipinski definition) is 2. The summed E-state index contributed by atoms with van der Waals surface area (Å²) in [5.41, 5.74) is -2.83. The van der Waals surface area contributed by atoms with Crippen molar-refractivity contribution < 1.29 is 24.5 Å². The highest BCUT2D eigenvalue weighted by atomic mass is 16.6. The number of carboxylic acid groups (broad SMARTS) is 1. The van der Waals surface area contributed by atoms with Crippen LogP contribution in [0, 0.1) is 10.8 Å². The third-order valence-corrected chi connectivity index (χ3v) is 6.00. The van der Waals surface area contributed by atoms with Crippen molar-refractivity contribution in [1.82, 2.24) is 4.90 Å². The Morgan fingerprint density at radius 1 is 0.960 bits per heavy atom.